The van der Waals surface area contributed by atoms with Gasteiger partial charge in [-0.25, -0.2) is 0 Å². The van der Waals surface area contributed by atoms with Gasteiger partial charge in [-0.15, -0.1) is 0 Å². The number of hydrogen-bond acceptors (Lipinski definition) is 2. The lowest BCUT2D eigenvalue weighted by Gasteiger charge is -2.16. The quantitative estimate of drug-likeness (QED) is 0.221. The molecule has 0 amide bonds. The minimum atomic E-state index is 0.667. The highest BCUT2D eigenvalue weighted by atomic mass is 32.1. The average Bonchev–Trinajstić information content (AvgIpc) is 3.36. The van der Waals surface area contributed by atoms with Crippen LogP contribution in [0.1, 0.15) is 11.1 Å². The van der Waals surface area contributed by atoms with E-state index in [1.807, 2.05) is 24.3 Å². The van der Waals surface area contributed by atoms with Crippen molar-refractivity contribution in [3.05, 3.63) is 139 Å². The lowest BCUT2D eigenvalue weighted by Crippen LogP contribution is -1.95. The fourth-order valence-electron chi connectivity index (χ4n) is 6.00. The van der Waals surface area contributed by atoms with Crippen molar-refractivity contribution in [1.29, 1.82) is 5.26 Å². The number of nitriles is 1. The summed E-state index contributed by atoms with van der Waals surface area (Å²) in [6.45, 7) is 0. The zero-order valence-corrected chi connectivity index (χ0v) is 22.8. The fraction of sp³-hybridized carbons (Fsp3) is 0.0541. The molecular formula is C37H26N2S. The Labute approximate surface area is 239 Å². The Morgan fingerprint density at radius 1 is 0.575 bits per heavy atom. The first-order valence-electron chi connectivity index (χ1n) is 13.5. The van der Waals surface area contributed by atoms with Crippen LogP contribution in [0, 0.1) is 11.3 Å². The van der Waals surface area contributed by atoms with Crippen LogP contribution in [0.4, 0.5) is 0 Å². The van der Waals surface area contributed by atoms with Gasteiger partial charge in [0.25, 0.3) is 0 Å². The second-order valence-corrected chi connectivity index (χ2v) is 10.5. The third-order valence-corrected chi connectivity index (χ3v) is 8.08. The van der Waals surface area contributed by atoms with Gasteiger partial charge in [0.15, 0.2) is 0 Å². The van der Waals surface area contributed by atoms with Gasteiger partial charge in [0.2, 0.25) is 0 Å². The Morgan fingerprint density at radius 3 is 1.77 bits per heavy atom. The molecule has 2 nitrogen and oxygen atoms in total. The van der Waals surface area contributed by atoms with Gasteiger partial charge in [-0.3, -0.25) is 0 Å². The zero-order valence-electron chi connectivity index (χ0n) is 21.9. The first-order valence-corrected chi connectivity index (χ1v) is 14.1. The molecule has 0 aliphatic rings. The molecule has 1 heterocycles. The van der Waals surface area contributed by atoms with Crippen LogP contribution in [0.2, 0.25) is 0 Å². The van der Waals surface area contributed by atoms with E-state index in [0.717, 1.165) is 23.4 Å². The number of rotatable bonds is 5. The van der Waals surface area contributed by atoms with Crippen LogP contribution in [0.15, 0.2) is 127 Å². The Bertz CT molecular complexity index is 2010. The summed E-state index contributed by atoms with van der Waals surface area (Å²) in [6.07, 6.45) is 0.906. The van der Waals surface area contributed by atoms with Gasteiger partial charge >= 0.3 is 0 Å². The van der Waals surface area contributed by atoms with Crippen molar-refractivity contribution in [2.45, 2.75) is 6.42 Å². The van der Waals surface area contributed by atoms with Crippen molar-refractivity contribution >= 4 is 45.2 Å². The summed E-state index contributed by atoms with van der Waals surface area (Å²) >= 11 is 4.53. The number of aromatic nitrogens is 1. The van der Waals surface area contributed by atoms with Crippen molar-refractivity contribution in [2.75, 3.05) is 5.75 Å². The maximum absolute atomic E-state index is 9.31. The van der Waals surface area contributed by atoms with E-state index >= 15 is 0 Å². The summed E-state index contributed by atoms with van der Waals surface area (Å²) in [6, 6.07) is 47.3. The van der Waals surface area contributed by atoms with Crippen LogP contribution in [0.3, 0.4) is 0 Å². The van der Waals surface area contributed by atoms with Gasteiger partial charge in [0.1, 0.15) is 0 Å². The highest BCUT2D eigenvalue weighted by Gasteiger charge is 2.15. The summed E-state index contributed by atoms with van der Waals surface area (Å²) in [5.41, 5.74) is 10.2. The van der Waals surface area contributed by atoms with E-state index in [9.17, 15) is 5.26 Å². The minimum absolute atomic E-state index is 0.667. The van der Waals surface area contributed by atoms with Gasteiger partial charge in [-0.05, 0) is 87.2 Å². The maximum atomic E-state index is 9.31. The lowest BCUT2D eigenvalue weighted by atomic mass is 9.88. The van der Waals surface area contributed by atoms with Crippen molar-refractivity contribution in [3.8, 4) is 34.0 Å². The van der Waals surface area contributed by atoms with E-state index < -0.39 is 0 Å². The van der Waals surface area contributed by atoms with E-state index in [4.69, 9.17) is 0 Å². The summed E-state index contributed by atoms with van der Waals surface area (Å²) < 4.78 is 2.35. The van der Waals surface area contributed by atoms with Crippen LogP contribution in [-0.2, 0) is 6.42 Å². The molecular weight excluding hydrogens is 504 g/mol. The van der Waals surface area contributed by atoms with Crippen LogP contribution >= 0.6 is 12.6 Å². The molecule has 0 N–H and O–H groups in total. The number of thiol groups is 1. The number of benzene rings is 6. The van der Waals surface area contributed by atoms with E-state index in [1.54, 1.807) is 0 Å². The highest BCUT2D eigenvalue weighted by Crippen LogP contribution is 2.39. The smallest absolute Gasteiger partial charge is 0.0991 e. The average molecular weight is 531 g/mol. The second kappa shape index (κ2) is 10.1. The predicted molar refractivity (Wildman–Crippen MR) is 171 cm³/mol. The number of hydrogen-bond donors (Lipinski definition) is 1. The molecule has 1 aromatic heterocycles. The Balaban J connectivity index is 1.41. The molecule has 0 saturated heterocycles. The summed E-state index contributed by atoms with van der Waals surface area (Å²) in [7, 11) is 0. The minimum Gasteiger partial charge on any atom is -0.309 e. The standard InChI is InChI=1S/C37H26N2S/c38-24-25-12-14-26(15-13-25)30-8-5-9-31-28(22-23-40)18-21-32(37(30)31)27-16-19-29(20-17-27)39-35-10-3-1-6-33(35)34-7-2-4-11-36(34)39/h1-21,40H,22-23H2. The van der Waals surface area contributed by atoms with Gasteiger partial charge in [-0.2, -0.15) is 17.9 Å². The second-order valence-electron chi connectivity index (χ2n) is 10.1. The van der Waals surface area contributed by atoms with Crippen LogP contribution in [-0.4, -0.2) is 10.3 Å². The van der Waals surface area contributed by atoms with Crippen molar-refractivity contribution in [1.82, 2.24) is 4.57 Å². The molecule has 0 fully saturated rings. The number of para-hydroxylation sites is 2. The molecule has 7 rings (SSSR count). The number of aryl methyl sites for hydroxylation is 1. The molecule has 0 atom stereocenters. The van der Waals surface area contributed by atoms with Crippen LogP contribution in [0.25, 0.3) is 60.5 Å². The Hall–Kier alpha value is -4.78. The van der Waals surface area contributed by atoms with Gasteiger partial charge in [-0.1, -0.05) is 91.0 Å². The van der Waals surface area contributed by atoms with Crippen molar-refractivity contribution < 1.29 is 0 Å². The van der Waals surface area contributed by atoms with Crippen molar-refractivity contribution in [2.24, 2.45) is 0 Å². The molecule has 0 bridgehead atoms. The van der Waals surface area contributed by atoms with E-state index in [0.29, 0.717) is 5.56 Å². The normalized spacial score (nSPS) is 11.3. The van der Waals surface area contributed by atoms with Crippen LogP contribution in [0.5, 0.6) is 0 Å². The molecule has 3 heteroatoms. The van der Waals surface area contributed by atoms with Gasteiger partial charge in [0.05, 0.1) is 22.7 Å². The lowest BCUT2D eigenvalue weighted by molar-refractivity contribution is 1.18. The largest absolute Gasteiger partial charge is 0.309 e. The number of nitrogens with zero attached hydrogens (tertiary/aromatic N) is 2. The molecule has 0 aliphatic heterocycles. The SMILES string of the molecule is N#Cc1ccc(-c2cccc3c(CCS)ccc(-c4ccc(-n5c6ccccc6c6ccccc65)cc4)c23)cc1. The summed E-state index contributed by atoms with van der Waals surface area (Å²) in [5, 5.41) is 14.3. The topological polar surface area (TPSA) is 28.7 Å². The zero-order chi connectivity index (χ0) is 27.1. The molecule has 7 aromatic rings. The van der Waals surface area contributed by atoms with E-state index in [-0.39, 0.29) is 0 Å². The molecule has 0 unspecified atom stereocenters. The predicted octanol–water partition coefficient (Wildman–Crippen LogP) is 9.61. The van der Waals surface area contributed by atoms with Crippen molar-refractivity contribution in [3.63, 3.8) is 0 Å². The van der Waals surface area contributed by atoms with Crippen LogP contribution < -0.4 is 0 Å². The fourth-order valence-corrected chi connectivity index (χ4v) is 6.24. The molecule has 6 aromatic carbocycles. The molecule has 40 heavy (non-hydrogen) atoms. The molecule has 190 valence electrons. The first-order chi connectivity index (χ1) is 19.8. The van der Waals surface area contributed by atoms with Gasteiger partial charge < -0.3 is 4.57 Å². The van der Waals surface area contributed by atoms with E-state index in [1.165, 1.54) is 54.8 Å². The molecule has 0 spiro atoms. The summed E-state index contributed by atoms with van der Waals surface area (Å²) in [4.78, 5) is 0. The third-order valence-electron chi connectivity index (χ3n) is 7.85. The molecule has 0 radical (unpaired) electrons. The number of fused-ring (bicyclic) bond motifs is 4. The maximum Gasteiger partial charge on any atom is 0.0991 e. The molecule has 0 saturated carbocycles. The molecule has 0 aliphatic carbocycles. The monoisotopic (exact) mass is 530 g/mol. The van der Waals surface area contributed by atoms with E-state index in [2.05, 4.69) is 126 Å². The third kappa shape index (κ3) is 3.97. The summed E-state index contributed by atoms with van der Waals surface area (Å²) in [5.74, 6) is 0.795. The Kier molecular flexibility index (Phi) is 6.11. The Morgan fingerprint density at radius 2 is 1.15 bits per heavy atom. The highest BCUT2D eigenvalue weighted by molar-refractivity contribution is 7.80. The van der Waals surface area contributed by atoms with Gasteiger partial charge in [0, 0.05) is 16.5 Å². The first kappa shape index (κ1) is 24.3.